The molecule has 7 heteroatoms. The van der Waals surface area contributed by atoms with Crippen molar-refractivity contribution in [1.29, 1.82) is 0 Å². The molecule has 0 unspecified atom stereocenters. The van der Waals surface area contributed by atoms with E-state index in [1.165, 1.54) is 19.2 Å². The van der Waals surface area contributed by atoms with Crippen LogP contribution in [0.4, 0.5) is 0 Å². The molecule has 0 aliphatic carbocycles. The zero-order chi connectivity index (χ0) is 16.9. The molecular formula is C16H24N2O4S. The predicted molar refractivity (Wildman–Crippen MR) is 87.9 cm³/mol. The van der Waals surface area contributed by atoms with Crippen LogP contribution >= 0.6 is 0 Å². The van der Waals surface area contributed by atoms with Crippen LogP contribution < -0.4 is 4.72 Å². The highest BCUT2D eigenvalue weighted by molar-refractivity contribution is 7.89. The van der Waals surface area contributed by atoms with Crippen LogP contribution in [0, 0.1) is 0 Å². The van der Waals surface area contributed by atoms with Crippen molar-refractivity contribution in [3.63, 3.8) is 0 Å². The van der Waals surface area contributed by atoms with Gasteiger partial charge in [0.15, 0.2) is 0 Å². The molecule has 0 bridgehead atoms. The van der Waals surface area contributed by atoms with Gasteiger partial charge >= 0.3 is 0 Å². The minimum atomic E-state index is -3.60. The molecule has 1 saturated heterocycles. The lowest BCUT2D eigenvalue weighted by molar-refractivity contribution is 0.0724. The Labute approximate surface area is 137 Å². The van der Waals surface area contributed by atoms with Gasteiger partial charge in [0, 0.05) is 31.8 Å². The van der Waals surface area contributed by atoms with E-state index in [1.807, 2.05) is 4.90 Å². The van der Waals surface area contributed by atoms with Crippen molar-refractivity contribution in [1.82, 2.24) is 9.62 Å². The van der Waals surface area contributed by atoms with Crippen molar-refractivity contribution in [3.05, 3.63) is 29.8 Å². The topological polar surface area (TPSA) is 75.7 Å². The van der Waals surface area contributed by atoms with Crippen molar-refractivity contribution in [2.45, 2.75) is 37.1 Å². The van der Waals surface area contributed by atoms with Gasteiger partial charge in [0.25, 0.3) is 5.91 Å². The van der Waals surface area contributed by atoms with E-state index in [-0.39, 0.29) is 16.8 Å². The molecule has 0 saturated carbocycles. The molecule has 1 fully saturated rings. The third-order valence-electron chi connectivity index (χ3n) is 3.83. The van der Waals surface area contributed by atoms with Crippen LogP contribution in [0.5, 0.6) is 0 Å². The number of likely N-dealkylation sites (tertiary alicyclic amines) is 1. The number of sulfonamides is 1. The number of ether oxygens (including phenoxy) is 1. The van der Waals surface area contributed by atoms with Crippen LogP contribution in [0.2, 0.25) is 0 Å². The Morgan fingerprint density at radius 3 is 2.39 bits per heavy atom. The molecule has 23 heavy (non-hydrogen) atoms. The fourth-order valence-corrected chi connectivity index (χ4v) is 3.90. The van der Waals surface area contributed by atoms with Gasteiger partial charge in [0.1, 0.15) is 0 Å². The van der Waals surface area contributed by atoms with Crippen LogP contribution in [-0.2, 0) is 14.8 Å². The number of hydrogen-bond acceptors (Lipinski definition) is 4. The quantitative estimate of drug-likeness (QED) is 0.854. The molecule has 1 heterocycles. The summed E-state index contributed by atoms with van der Waals surface area (Å²) in [7, 11) is -2.08. The Bertz CT molecular complexity index is 622. The first-order chi connectivity index (χ1) is 10.9. The third-order valence-corrected chi connectivity index (χ3v) is 5.43. The van der Waals surface area contributed by atoms with E-state index in [0.717, 1.165) is 32.4 Å². The molecule has 1 aliphatic heterocycles. The lowest BCUT2D eigenvalue weighted by Gasteiger charge is -2.26. The summed E-state index contributed by atoms with van der Waals surface area (Å²) < 4.78 is 31.9. The first-order valence-corrected chi connectivity index (χ1v) is 9.33. The molecule has 0 spiro atoms. The lowest BCUT2D eigenvalue weighted by atomic mass is 10.1. The average molecular weight is 340 g/mol. The Balaban J connectivity index is 2.07. The van der Waals surface area contributed by atoms with Gasteiger partial charge < -0.3 is 9.64 Å². The Morgan fingerprint density at radius 2 is 1.83 bits per heavy atom. The van der Waals surface area contributed by atoms with Crippen LogP contribution in [0.15, 0.2) is 29.2 Å². The molecule has 6 nitrogen and oxygen atoms in total. The van der Waals surface area contributed by atoms with E-state index in [2.05, 4.69) is 4.72 Å². The largest absolute Gasteiger partial charge is 0.383 e. The normalized spacial score (nSPS) is 17.0. The van der Waals surface area contributed by atoms with Crippen molar-refractivity contribution in [2.24, 2.45) is 0 Å². The predicted octanol–water partition coefficient (Wildman–Crippen LogP) is 1.63. The summed E-state index contributed by atoms with van der Waals surface area (Å²) in [5, 5.41) is 0. The van der Waals surface area contributed by atoms with Crippen molar-refractivity contribution < 1.29 is 17.9 Å². The highest BCUT2D eigenvalue weighted by atomic mass is 32.2. The third kappa shape index (κ3) is 4.76. The SMILES string of the molecule is COC[C@@H](C)NS(=O)(=O)c1ccc(C(=O)N2CCCCC2)cc1. The van der Waals surface area contributed by atoms with E-state index < -0.39 is 10.0 Å². The van der Waals surface area contributed by atoms with Gasteiger partial charge in [-0.3, -0.25) is 4.79 Å². The van der Waals surface area contributed by atoms with E-state index in [9.17, 15) is 13.2 Å². The number of piperidine rings is 1. The number of amides is 1. The lowest BCUT2D eigenvalue weighted by Crippen LogP contribution is -2.36. The Hall–Kier alpha value is -1.44. The zero-order valence-electron chi connectivity index (χ0n) is 13.6. The monoisotopic (exact) mass is 340 g/mol. The summed E-state index contributed by atoms with van der Waals surface area (Å²) in [5.41, 5.74) is 0.524. The molecule has 1 amide bonds. The number of rotatable bonds is 6. The van der Waals surface area contributed by atoms with Crippen LogP contribution in [0.3, 0.4) is 0 Å². The number of nitrogens with zero attached hydrogens (tertiary/aromatic N) is 1. The van der Waals surface area contributed by atoms with E-state index >= 15 is 0 Å². The number of carbonyl (C=O) groups is 1. The van der Waals surface area contributed by atoms with Gasteiger partial charge in [-0.15, -0.1) is 0 Å². The minimum Gasteiger partial charge on any atom is -0.383 e. The smallest absolute Gasteiger partial charge is 0.253 e. The maximum atomic E-state index is 12.4. The maximum absolute atomic E-state index is 12.4. The summed E-state index contributed by atoms with van der Waals surface area (Å²) in [4.78, 5) is 14.3. The molecular weight excluding hydrogens is 316 g/mol. The van der Waals surface area contributed by atoms with Crippen LogP contribution in [0.1, 0.15) is 36.5 Å². The summed E-state index contributed by atoms with van der Waals surface area (Å²) in [6.45, 7) is 3.57. The molecule has 0 radical (unpaired) electrons. The van der Waals surface area contributed by atoms with Gasteiger partial charge in [-0.1, -0.05) is 0 Å². The van der Waals surface area contributed by atoms with Crippen molar-refractivity contribution in [2.75, 3.05) is 26.8 Å². The van der Waals surface area contributed by atoms with Crippen molar-refractivity contribution in [3.8, 4) is 0 Å². The molecule has 1 aliphatic rings. The second kappa shape index (κ2) is 7.90. The molecule has 1 aromatic rings. The summed E-state index contributed by atoms with van der Waals surface area (Å²) >= 11 is 0. The van der Waals surface area contributed by atoms with Gasteiger partial charge in [0.05, 0.1) is 11.5 Å². The molecule has 1 N–H and O–H groups in total. The highest BCUT2D eigenvalue weighted by Gasteiger charge is 2.20. The highest BCUT2D eigenvalue weighted by Crippen LogP contribution is 2.16. The average Bonchev–Trinajstić information content (AvgIpc) is 2.55. The van der Waals surface area contributed by atoms with Crippen LogP contribution in [-0.4, -0.2) is 52.1 Å². The number of nitrogens with one attached hydrogen (secondary N) is 1. The van der Waals surface area contributed by atoms with Gasteiger partial charge in [0.2, 0.25) is 10.0 Å². The number of carbonyl (C=O) groups excluding carboxylic acids is 1. The Morgan fingerprint density at radius 1 is 1.22 bits per heavy atom. The van der Waals surface area contributed by atoms with Gasteiger partial charge in [-0.2, -0.15) is 0 Å². The summed E-state index contributed by atoms with van der Waals surface area (Å²) in [5.74, 6) is -0.0330. The minimum absolute atomic E-state index is 0.0330. The first kappa shape index (κ1) is 17.9. The number of methoxy groups -OCH3 is 1. The molecule has 0 aromatic heterocycles. The first-order valence-electron chi connectivity index (χ1n) is 7.84. The van der Waals surface area contributed by atoms with E-state index in [0.29, 0.717) is 12.2 Å². The second-order valence-electron chi connectivity index (χ2n) is 5.85. The summed E-state index contributed by atoms with van der Waals surface area (Å²) in [6.07, 6.45) is 3.21. The fraction of sp³-hybridized carbons (Fsp3) is 0.562. The van der Waals surface area contributed by atoms with E-state index in [1.54, 1.807) is 19.1 Å². The van der Waals surface area contributed by atoms with Crippen LogP contribution in [0.25, 0.3) is 0 Å². The fourth-order valence-electron chi connectivity index (χ4n) is 2.67. The van der Waals surface area contributed by atoms with Crippen molar-refractivity contribution >= 4 is 15.9 Å². The molecule has 1 aromatic carbocycles. The molecule has 2 rings (SSSR count). The van der Waals surface area contributed by atoms with E-state index in [4.69, 9.17) is 4.74 Å². The maximum Gasteiger partial charge on any atom is 0.253 e. The summed E-state index contributed by atoms with van der Waals surface area (Å²) in [6, 6.07) is 5.77. The Kier molecular flexibility index (Phi) is 6.15. The standard InChI is InChI=1S/C16H24N2O4S/c1-13(12-22-2)17-23(20,21)15-8-6-14(7-9-15)16(19)18-10-4-3-5-11-18/h6-9,13,17H,3-5,10-12H2,1-2H3/t13-/m1/s1. The van der Waals surface area contributed by atoms with Gasteiger partial charge in [-0.05, 0) is 50.5 Å². The molecule has 1 atom stereocenters. The second-order valence-corrected chi connectivity index (χ2v) is 7.57. The number of benzene rings is 1. The zero-order valence-corrected chi connectivity index (χ0v) is 14.4. The number of hydrogen-bond donors (Lipinski definition) is 1. The van der Waals surface area contributed by atoms with Gasteiger partial charge in [-0.25, -0.2) is 13.1 Å². The molecule has 128 valence electrons.